The molecule has 1 amide bonds. The number of rotatable bonds is 7. The number of carbonyl (C=O) groups is 2. The van der Waals surface area contributed by atoms with Crippen molar-refractivity contribution in [3.63, 3.8) is 0 Å². The fourth-order valence-corrected chi connectivity index (χ4v) is 4.99. The summed E-state index contributed by atoms with van der Waals surface area (Å²) in [4.78, 5) is 28.9. The van der Waals surface area contributed by atoms with Crippen LogP contribution in [0.4, 0.5) is 16.0 Å². The Hall–Kier alpha value is -3.24. The number of amides is 1. The van der Waals surface area contributed by atoms with Gasteiger partial charge in [0.1, 0.15) is 5.82 Å². The first-order valence-electron chi connectivity index (χ1n) is 11.2. The Kier molecular flexibility index (Phi) is 6.59. The van der Waals surface area contributed by atoms with Crippen molar-refractivity contribution in [1.82, 2.24) is 14.8 Å². The Balaban J connectivity index is 1.38. The Morgan fingerprint density at radius 2 is 1.82 bits per heavy atom. The number of nitrogens with zero attached hydrogens (tertiary/aromatic N) is 5. The molecular formula is C24H24FN5O3S. The normalized spacial score (nSPS) is 16.3. The average molecular weight is 482 g/mol. The van der Waals surface area contributed by atoms with Gasteiger partial charge in [-0.25, -0.2) is 4.39 Å². The van der Waals surface area contributed by atoms with Gasteiger partial charge in [0.25, 0.3) is 0 Å². The van der Waals surface area contributed by atoms with E-state index < -0.39 is 0 Å². The maximum absolute atomic E-state index is 14.0. The molecule has 10 heteroatoms. The highest BCUT2D eigenvalue weighted by Gasteiger charge is 2.24. The van der Waals surface area contributed by atoms with Crippen LogP contribution in [0.5, 0.6) is 0 Å². The predicted octanol–water partition coefficient (Wildman–Crippen LogP) is 3.34. The van der Waals surface area contributed by atoms with Crippen molar-refractivity contribution < 1.29 is 18.7 Å². The number of halogens is 1. The number of Topliss-reactive ketones (excluding diaryl/α,β-unsaturated/α-hetero) is 1. The van der Waals surface area contributed by atoms with E-state index in [1.165, 1.54) is 23.9 Å². The third-order valence-electron chi connectivity index (χ3n) is 5.86. The average Bonchev–Trinajstić information content (AvgIpc) is 3.49. The summed E-state index contributed by atoms with van der Waals surface area (Å²) in [6, 6.07) is 13.4. The van der Waals surface area contributed by atoms with Crippen molar-refractivity contribution in [3.8, 4) is 5.69 Å². The second-order valence-corrected chi connectivity index (χ2v) is 9.05. The van der Waals surface area contributed by atoms with Gasteiger partial charge in [-0.2, -0.15) is 0 Å². The first kappa shape index (κ1) is 22.5. The molecule has 34 heavy (non-hydrogen) atoms. The molecule has 2 aliphatic heterocycles. The summed E-state index contributed by atoms with van der Waals surface area (Å²) in [6.07, 6.45) is 1.36. The van der Waals surface area contributed by atoms with Gasteiger partial charge < -0.3 is 14.5 Å². The molecule has 0 N–H and O–H groups in total. The monoisotopic (exact) mass is 481 g/mol. The molecule has 0 atom stereocenters. The second-order valence-electron chi connectivity index (χ2n) is 8.11. The van der Waals surface area contributed by atoms with Gasteiger partial charge in [0.15, 0.2) is 10.9 Å². The molecule has 3 aromatic rings. The molecule has 0 unspecified atom stereocenters. The van der Waals surface area contributed by atoms with Crippen LogP contribution >= 0.6 is 11.8 Å². The van der Waals surface area contributed by atoms with E-state index >= 15 is 0 Å². The first-order chi connectivity index (χ1) is 16.6. The van der Waals surface area contributed by atoms with Gasteiger partial charge in [0.05, 0.1) is 24.7 Å². The fourth-order valence-electron chi connectivity index (χ4n) is 4.15. The van der Waals surface area contributed by atoms with E-state index in [-0.39, 0.29) is 23.3 Å². The number of morpholine rings is 1. The van der Waals surface area contributed by atoms with Crippen molar-refractivity contribution in [2.45, 2.75) is 18.0 Å². The Bertz CT molecular complexity index is 1210. The Morgan fingerprint density at radius 3 is 2.59 bits per heavy atom. The number of thioether (sulfide) groups is 1. The Morgan fingerprint density at radius 1 is 1.03 bits per heavy atom. The zero-order valence-electron chi connectivity index (χ0n) is 18.5. The van der Waals surface area contributed by atoms with E-state index in [1.807, 2.05) is 11.0 Å². The molecule has 5 rings (SSSR count). The Labute approximate surface area is 200 Å². The number of aromatic nitrogens is 3. The van der Waals surface area contributed by atoms with Gasteiger partial charge in [-0.1, -0.05) is 30.0 Å². The highest BCUT2D eigenvalue weighted by atomic mass is 32.2. The van der Waals surface area contributed by atoms with Crippen molar-refractivity contribution in [1.29, 1.82) is 0 Å². The minimum atomic E-state index is -0.362. The number of hydrogen-bond donors (Lipinski definition) is 0. The molecule has 2 aromatic carbocycles. The molecule has 0 bridgehead atoms. The smallest absolute Gasteiger partial charge is 0.232 e. The van der Waals surface area contributed by atoms with E-state index in [4.69, 9.17) is 4.74 Å². The lowest BCUT2D eigenvalue weighted by atomic mass is 10.1. The summed E-state index contributed by atoms with van der Waals surface area (Å²) in [6.45, 7) is 3.13. The molecule has 2 saturated heterocycles. The summed E-state index contributed by atoms with van der Waals surface area (Å²) in [5.74, 6) is 0.365. The lowest BCUT2D eigenvalue weighted by Gasteiger charge is -2.27. The van der Waals surface area contributed by atoms with Crippen LogP contribution in [0.3, 0.4) is 0 Å². The van der Waals surface area contributed by atoms with Crippen molar-refractivity contribution in [2.75, 3.05) is 48.4 Å². The lowest BCUT2D eigenvalue weighted by Crippen LogP contribution is -2.37. The third-order valence-corrected chi connectivity index (χ3v) is 6.79. The molecule has 0 spiro atoms. The zero-order chi connectivity index (χ0) is 23.5. The number of ketones is 1. The van der Waals surface area contributed by atoms with Gasteiger partial charge >= 0.3 is 0 Å². The van der Waals surface area contributed by atoms with E-state index in [0.717, 1.165) is 12.1 Å². The van der Waals surface area contributed by atoms with Gasteiger partial charge in [-0.3, -0.25) is 14.2 Å². The standard InChI is InChI=1S/C24H24FN5O3S/c25-18-5-2-7-20(15-18)30-23(28-10-12-33-13-11-28)26-27-24(30)34-16-21(31)17-4-1-6-19(14-17)29-9-3-8-22(29)32/h1-2,4-7,14-15H,3,8-13,16H2. The van der Waals surface area contributed by atoms with Crippen LogP contribution in [0.15, 0.2) is 53.7 Å². The van der Waals surface area contributed by atoms with E-state index in [1.54, 1.807) is 39.8 Å². The quantitative estimate of drug-likeness (QED) is 0.378. The van der Waals surface area contributed by atoms with Crippen LogP contribution in [0.25, 0.3) is 5.69 Å². The highest BCUT2D eigenvalue weighted by Crippen LogP contribution is 2.29. The van der Waals surface area contributed by atoms with Crippen molar-refractivity contribution in [3.05, 3.63) is 59.9 Å². The first-order valence-corrected chi connectivity index (χ1v) is 12.2. The largest absolute Gasteiger partial charge is 0.378 e. The molecule has 176 valence electrons. The number of hydrogen-bond acceptors (Lipinski definition) is 7. The second kappa shape index (κ2) is 9.94. The fraction of sp³-hybridized carbons (Fsp3) is 0.333. The number of carbonyl (C=O) groups excluding carboxylic acids is 2. The summed E-state index contributed by atoms with van der Waals surface area (Å²) in [5, 5.41) is 9.18. The van der Waals surface area contributed by atoms with Crippen LogP contribution in [0.1, 0.15) is 23.2 Å². The molecular weight excluding hydrogens is 457 g/mol. The molecule has 1 aromatic heterocycles. The van der Waals surface area contributed by atoms with Crippen LogP contribution < -0.4 is 9.80 Å². The molecule has 8 nitrogen and oxygen atoms in total. The zero-order valence-corrected chi connectivity index (χ0v) is 19.3. The molecule has 2 aliphatic rings. The summed E-state index contributed by atoms with van der Waals surface area (Å²) in [5.41, 5.74) is 1.88. The van der Waals surface area contributed by atoms with E-state index in [9.17, 15) is 14.0 Å². The maximum atomic E-state index is 14.0. The minimum absolute atomic E-state index is 0.0813. The number of anilines is 2. The summed E-state index contributed by atoms with van der Waals surface area (Å²) in [7, 11) is 0. The van der Waals surface area contributed by atoms with Crippen molar-refractivity contribution >= 4 is 35.1 Å². The lowest BCUT2D eigenvalue weighted by molar-refractivity contribution is -0.117. The van der Waals surface area contributed by atoms with Crippen LogP contribution in [-0.2, 0) is 9.53 Å². The predicted molar refractivity (Wildman–Crippen MR) is 127 cm³/mol. The maximum Gasteiger partial charge on any atom is 0.232 e. The van der Waals surface area contributed by atoms with Gasteiger partial charge in [-0.05, 0) is 36.8 Å². The molecule has 2 fully saturated rings. The van der Waals surface area contributed by atoms with E-state index in [2.05, 4.69) is 10.2 Å². The van der Waals surface area contributed by atoms with Gasteiger partial charge in [-0.15, -0.1) is 10.2 Å². The third kappa shape index (κ3) is 4.69. The van der Waals surface area contributed by atoms with Crippen LogP contribution in [-0.4, -0.2) is 65.1 Å². The topological polar surface area (TPSA) is 80.6 Å². The molecule has 3 heterocycles. The van der Waals surface area contributed by atoms with Gasteiger partial charge in [0, 0.05) is 37.3 Å². The molecule has 0 aliphatic carbocycles. The van der Waals surface area contributed by atoms with Gasteiger partial charge in [0.2, 0.25) is 11.9 Å². The molecule has 0 radical (unpaired) electrons. The van der Waals surface area contributed by atoms with Crippen LogP contribution in [0.2, 0.25) is 0 Å². The summed E-state index contributed by atoms with van der Waals surface area (Å²) >= 11 is 1.25. The summed E-state index contributed by atoms with van der Waals surface area (Å²) < 4.78 is 21.2. The number of benzene rings is 2. The molecule has 0 saturated carbocycles. The minimum Gasteiger partial charge on any atom is -0.378 e. The number of ether oxygens (including phenoxy) is 1. The van der Waals surface area contributed by atoms with Crippen LogP contribution in [0, 0.1) is 5.82 Å². The van der Waals surface area contributed by atoms with Crippen molar-refractivity contribution in [2.24, 2.45) is 0 Å². The highest BCUT2D eigenvalue weighted by molar-refractivity contribution is 7.99. The van der Waals surface area contributed by atoms with E-state index in [0.29, 0.717) is 61.6 Å². The SMILES string of the molecule is O=C(CSc1nnc(N2CCOCC2)n1-c1cccc(F)c1)c1cccc(N2CCCC2=O)c1.